The molecular weight excluding hydrogens is 514 g/mol. The number of esters is 1. The van der Waals surface area contributed by atoms with Crippen molar-refractivity contribution >= 4 is 52.2 Å². The molecule has 0 saturated carbocycles. The first-order chi connectivity index (χ1) is 18.8. The molecule has 200 valence electrons. The van der Waals surface area contributed by atoms with Gasteiger partial charge in [0.05, 0.1) is 36.4 Å². The molecule has 0 atom stereocenters. The van der Waals surface area contributed by atoms with Crippen molar-refractivity contribution in [3.8, 4) is 5.75 Å². The summed E-state index contributed by atoms with van der Waals surface area (Å²) < 4.78 is 10.3. The zero-order valence-electron chi connectivity index (χ0n) is 22.2. The van der Waals surface area contributed by atoms with Gasteiger partial charge in [-0.2, -0.15) is 0 Å². The Morgan fingerprint density at radius 2 is 1.72 bits per heavy atom. The van der Waals surface area contributed by atoms with Gasteiger partial charge in [-0.25, -0.2) is 9.79 Å². The number of methoxy groups -OCH3 is 1. The number of para-hydroxylation sites is 1. The topological polar surface area (TPSA) is 97.3 Å². The zero-order chi connectivity index (χ0) is 27.9. The van der Waals surface area contributed by atoms with Crippen molar-refractivity contribution in [2.75, 3.05) is 29.7 Å². The Bertz CT molecular complexity index is 1440. The van der Waals surface area contributed by atoms with Crippen LogP contribution in [0.15, 0.2) is 77.4 Å². The van der Waals surface area contributed by atoms with Crippen LogP contribution in [0.1, 0.15) is 34.0 Å². The first kappa shape index (κ1) is 27.7. The molecule has 2 amide bonds. The SMILES string of the molecule is CCOC(=O)c1ccccc1NC(=O)CSC1=N/C(=C/c2ccc(OC)cc2)C(=O)N1c1cc(C)cc(C)c1. The van der Waals surface area contributed by atoms with Crippen LogP contribution in [0.2, 0.25) is 0 Å². The number of anilines is 2. The van der Waals surface area contributed by atoms with E-state index in [9.17, 15) is 14.4 Å². The highest BCUT2D eigenvalue weighted by atomic mass is 32.2. The third-order valence-electron chi connectivity index (χ3n) is 5.74. The molecular formula is C30H29N3O5S. The highest BCUT2D eigenvalue weighted by molar-refractivity contribution is 8.14. The molecule has 1 heterocycles. The second kappa shape index (κ2) is 12.4. The van der Waals surface area contributed by atoms with Gasteiger partial charge in [0.15, 0.2) is 5.17 Å². The second-order valence-corrected chi connectivity index (χ2v) is 9.73. The Morgan fingerprint density at radius 3 is 2.38 bits per heavy atom. The number of ether oxygens (including phenoxy) is 2. The van der Waals surface area contributed by atoms with Crippen molar-refractivity contribution in [3.63, 3.8) is 0 Å². The van der Waals surface area contributed by atoms with E-state index < -0.39 is 5.97 Å². The molecule has 1 aliphatic rings. The molecule has 3 aromatic carbocycles. The number of hydrogen-bond acceptors (Lipinski definition) is 7. The lowest BCUT2D eigenvalue weighted by atomic mass is 10.1. The molecule has 0 bridgehead atoms. The minimum Gasteiger partial charge on any atom is -0.497 e. The largest absolute Gasteiger partial charge is 0.497 e. The Kier molecular flexibility index (Phi) is 8.83. The minimum absolute atomic E-state index is 0.0274. The molecule has 0 saturated heterocycles. The molecule has 0 fully saturated rings. The molecule has 0 aromatic heterocycles. The molecule has 9 heteroatoms. The van der Waals surface area contributed by atoms with Crippen LogP contribution >= 0.6 is 11.8 Å². The Morgan fingerprint density at radius 1 is 1.03 bits per heavy atom. The van der Waals surface area contributed by atoms with Crippen molar-refractivity contribution in [3.05, 3.63) is 94.7 Å². The van der Waals surface area contributed by atoms with Crippen LogP contribution in [0, 0.1) is 13.8 Å². The number of benzene rings is 3. The van der Waals surface area contributed by atoms with Crippen LogP contribution < -0.4 is 15.0 Å². The fourth-order valence-electron chi connectivity index (χ4n) is 4.05. The summed E-state index contributed by atoms with van der Waals surface area (Å²) in [6.07, 6.45) is 1.71. The maximum absolute atomic E-state index is 13.5. The number of aryl methyl sites for hydroxylation is 2. The maximum Gasteiger partial charge on any atom is 0.340 e. The van der Waals surface area contributed by atoms with Gasteiger partial charge < -0.3 is 14.8 Å². The van der Waals surface area contributed by atoms with Crippen molar-refractivity contribution in [2.45, 2.75) is 20.8 Å². The molecule has 1 aliphatic heterocycles. The average Bonchev–Trinajstić information content (AvgIpc) is 3.22. The molecule has 1 N–H and O–H groups in total. The summed E-state index contributed by atoms with van der Waals surface area (Å²) in [7, 11) is 1.59. The van der Waals surface area contributed by atoms with Crippen molar-refractivity contribution in [2.24, 2.45) is 4.99 Å². The quantitative estimate of drug-likeness (QED) is 0.293. The lowest BCUT2D eigenvalue weighted by molar-refractivity contribution is -0.114. The number of amidine groups is 1. The fourth-order valence-corrected chi connectivity index (χ4v) is 4.87. The zero-order valence-corrected chi connectivity index (χ0v) is 23.0. The average molecular weight is 544 g/mol. The summed E-state index contributed by atoms with van der Waals surface area (Å²) in [5.74, 6) is -0.463. The molecule has 8 nitrogen and oxygen atoms in total. The number of nitrogens with zero attached hydrogens (tertiary/aromatic N) is 2. The van der Waals surface area contributed by atoms with Crippen LogP contribution in [0.3, 0.4) is 0 Å². The van der Waals surface area contributed by atoms with E-state index in [1.54, 1.807) is 44.4 Å². The lowest BCUT2D eigenvalue weighted by Crippen LogP contribution is -2.31. The molecule has 0 unspecified atom stereocenters. The Hall–Kier alpha value is -4.37. The third kappa shape index (κ3) is 6.74. The number of carbonyl (C=O) groups excluding carboxylic acids is 3. The van der Waals surface area contributed by atoms with E-state index >= 15 is 0 Å². The van der Waals surface area contributed by atoms with E-state index in [4.69, 9.17) is 9.47 Å². The summed E-state index contributed by atoms with van der Waals surface area (Å²) in [6.45, 7) is 5.87. The molecule has 0 radical (unpaired) electrons. The van der Waals surface area contributed by atoms with E-state index in [2.05, 4.69) is 10.3 Å². The third-order valence-corrected chi connectivity index (χ3v) is 6.68. The number of aliphatic imine (C=N–C) groups is 1. The van der Waals surface area contributed by atoms with Crippen LogP contribution in [0.4, 0.5) is 11.4 Å². The second-order valence-electron chi connectivity index (χ2n) is 8.79. The first-order valence-corrected chi connectivity index (χ1v) is 13.3. The minimum atomic E-state index is -0.513. The van der Waals surface area contributed by atoms with Crippen molar-refractivity contribution in [1.82, 2.24) is 0 Å². The number of rotatable bonds is 8. The van der Waals surface area contributed by atoms with Gasteiger partial charge in [-0.1, -0.05) is 42.1 Å². The molecule has 3 aromatic rings. The van der Waals surface area contributed by atoms with Crippen LogP contribution in [-0.2, 0) is 14.3 Å². The normalized spacial score (nSPS) is 13.8. The van der Waals surface area contributed by atoms with Crippen molar-refractivity contribution < 1.29 is 23.9 Å². The predicted octanol–water partition coefficient (Wildman–Crippen LogP) is 5.60. The van der Waals surface area contributed by atoms with Gasteiger partial charge in [-0.05, 0) is 79.9 Å². The number of hydrogen-bond donors (Lipinski definition) is 1. The number of carbonyl (C=O) groups is 3. The van der Waals surface area contributed by atoms with Gasteiger partial charge in [-0.15, -0.1) is 0 Å². The summed E-state index contributed by atoms with van der Waals surface area (Å²) in [5, 5.41) is 3.16. The van der Waals surface area contributed by atoms with E-state index in [-0.39, 0.29) is 35.4 Å². The van der Waals surface area contributed by atoms with Gasteiger partial charge in [-0.3, -0.25) is 14.5 Å². The highest BCUT2D eigenvalue weighted by Gasteiger charge is 2.32. The molecule has 0 aliphatic carbocycles. The van der Waals surface area contributed by atoms with Gasteiger partial charge in [0.1, 0.15) is 11.4 Å². The molecule has 39 heavy (non-hydrogen) atoms. The van der Waals surface area contributed by atoms with Gasteiger partial charge in [0.25, 0.3) is 5.91 Å². The summed E-state index contributed by atoms with van der Waals surface area (Å²) in [4.78, 5) is 44.8. The first-order valence-electron chi connectivity index (χ1n) is 12.3. The summed E-state index contributed by atoms with van der Waals surface area (Å²) >= 11 is 1.14. The predicted molar refractivity (Wildman–Crippen MR) is 155 cm³/mol. The van der Waals surface area contributed by atoms with Crippen LogP contribution in [-0.4, -0.2) is 42.4 Å². The summed E-state index contributed by atoms with van der Waals surface area (Å²) in [5.41, 5.74) is 4.36. The maximum atomic E-state index is 13.5. The van der Waals surface area contributed by atoms with Crippen LogP contribution in [0.5, 0.6) is 5.75 Å². The molecule has 4 rings (SSSR count). The van der Waals surface area contributed by atoms with Gasteiger partial charge in [0, 0.05) is 0 Å². The monoisotopic (exact) mass is 543 g/mol. The standard InChI is InChI=1S/C30H29N3O5S/c1-5-38-29(36)24-8-6-7-9-25(24)31-27(34)18-39-30-32-26(17-21-10-12-23(37-4)13-11-21)28(35)33(30)22-15-19(2)14-20(3)16-22/h6-17H,5,18H2,1-4H3,(H,31,34)/b26-17+. The fraction of sp³-hybridized carbons (Fsp3) is 0.200. The smallest absolute Gasteiger partial charge is 0.340 e. The van der Waals surface area contributed by atoms with E-state index in [1.165, 1.54) is 4.90 Å². The number of nitrogens with one attached hydrogen (secondary N) is 1. The molecule has 0 spiro atoms. The number of amides is 2. The Labute approximate surface area is 231 Å². The highest BCUT2D eigenvalue weighted by Crippen LogP contribution is 2.31. The lowest BCUT2D eigenvalue weighted by Gasteiger charge is -2.19. The van der Waals surface area contributed by atoms with E-state index in [0.29, 0.717) is 22.3 Å². The summed E-state index contributed by atoms with van der Waals surface area (Å²) in [6, 6.07) is 19.8. The number of thioether (sulfide) groups is 1. The van der Waals surface area contributed by atoms with Crippen molar-refractivity contribution in [1.29, 1.82) is 0 Å². The van der Waals surface area contributed by atoms with Gasteiger partial charge >= 0.3 is 5.97 Å². The van der Waals surface area contributed by atoms with Gasteiger partial charge in [0.2, 0.25) is 5.91 Å². The van der Waals surface area contributed by atoms with E-state index in [0.717, 1.165) is 28.5 Å². The van der Waals surface area contributed by atoms with Crippen LogP contribution in [0.25, 0.3) is 6.08 Å². The van der Waals surface area contributed by atoms with E-state index in [1.807, 2.05) is 56.3 Å². The Balaban J connectivity index is 1.58.